The van der Waals surface area contributed by atoms with Gasteiger partial charge in [-0.05, 0) is 0 Å². The third-order valence-electron chi connectivity index (χ3n) is 5.63. The summed E-state index contributed by atoms with van der Waals surface area (Å²) in [4.78, 5) is 2.34. The molecule has 0 spiro atoms. The Balaban J connectivity index is 1.63. The third-order valence-corrected chi connectivity index (χ3v) is 8.19. The zero-order valence-corrected chi connectivity index (χ0v) is 18.0. The summed E-state index contributed by atoms with van der Waals surface area (Å²) in [5.74, 6) is 0. The van der Waals surface area contributed by atoms with Crippen LogP contribution >= 0.6 is 0 Å². The molecule has 142 valence electrons. The van der Waals surface area contributed by atoms with Crippen molar-refractivity contribution in [3.8, 4) is 0 Å². The van der Waals surface area contributed by atoms with Crippen molar-refractivity contribution in [2.24, 2.45) is 0 Å². The van der Waals surface area contributed by atoms with Crippen LogP contribution in [0.15, 0.2) is 115 Å². The van der Waals surface area contributed by atoms with Crippen molar-refractivity contribution in [1.29, 1.82) is 0 Å². The number of fused-ring (bicyclic) bond motifs is 5. The molecule has 0 fully saturated rings. The van der Waals surface area contributed by atoms with Crippen LogP contribution in [0.5, 0.6) is 0 Å². The molecule has 5 aromatic carbocycles. The quantitative estimate of drug-likeness (QED) is 0.251. The van der Waals surface area contributed by atoms with Crippen LogP contribution in [0.2, 0.25) is 0 Å². The molecule has 0 amide bonds. The van der Waals surface area contributed by atoms with E-state index in [4.69, 9.17) is 0 Å². The van der Waals surface area contributed by atoms with E-state index in [1.807, 2.05) is 0 Å². The first-order valence-electron chi connectivity index (χ1n) is 10.1. The van der Waals surface area contributed by atoms with E-state index < -0.39 is 0 Å². The van der Waals surface area contributed by atoms with Gasteiger partial charge in [-0.3, -0.25) is 0 Å². The Labute approximate surface area is 181 Å². The van der Waals surface area contributed by atoms with E-state index in [2.05, 4.69) is 120 Å². The van der Waals surface area contributed by atoms with Crippen LogP contribution in [0.4, 0.5) is 17.1 Å². The molecule has 0 saturated heterocycles. The zero-order valence-electron chi connectivity index (χ0n) is 16.3. The van der Waals surface area contributed by atoms with Gasteiger partial charge in [-0.15, -0.1) is 0 Å². The van der Waals surface area contributed by atoms with Crippen LogP contribution in [0.3, 0.4) is 0 Å². The SMILES string of the molecule is c1ccc(N(c2ccccc2)c2ccc3ccc4c5ccccc5[se]c4c3c2)cc1. The van der Waals surface area contributed by atoms with E-state index in [1.165, 1.54) is 47.1 Å². The fourth-order valence-electron chi connectivity index (χ4n) is 4.23. The molecule has 1 nitrogen and oxygen atoms in total. The number of para-hydroxylation sites is 2. The van der Waals surface area contributed by atoms with Crippen molar-refractivity contribution in [1.82, 2.24) is 0 Å². The number of benzene rings is 5. The Morgan fingerprint density at radius 2 is 1.10 bits per heavy atom. The first-order valence-corrected chi connectivity index (χ1v) is 11.8. The van der Waals surface area contributed by atoms with E-state index in [1.54, 1.807) is 0 Å². The van der Waals surface area contributed by atoms with Crippen molar-refractivity contribution >= 4 is 61.6 Å². The second-order valence-electron chi connectivity index (χ2n) is 7.45. The summed E-state index contributed by atoms with van der Waals surface area (Å²) in [7, 11) is 0. The van der Waals surface area contributed by atoms with Gasteiger partial charge < -0.3 is 0 Å². The fraction of sp³-hybridized carbons (Fsp3) is 0. The number of anilines is 3. The van der Waals surface area contributed by atoms with Crippen LogP contribution in [0.25, 0.3) is 30.1 Å². The Hall–Kier alpha value is -3.32. The van der Waals surface area contributed by atoms with E-state index in [0.717, 1.165) is 0 Å². The molecule has 2 heteroatoms. The molecule has 0 radical (unpaired) electrons. The van der Waals surface area contributed by atoms with Crippen LogP contribution in [-0.2, 0) is 0 Å². The number of hydrogen-bond acceptors (Lipinski definition) is 1. The third kappa shape index (κ3) is 2.85. The van der Waals surface area contributed by atoms with Gasteiger partial charge in [-0.2, -0.15) is 0 Å². The van der Waals surface area contributed by atoms with Gasteiger partial charge in [0.15, 0.2) is 0 Å². The van der Waals surface area contributed by atoms with Crippen LogP contribution in [-0.4, -0.2) is 14.5 Å². The molecule has 0 atom stereocenters. The van der Waals surface area contributed by atoms with Gasteiger partial charge in [0.05, 0.1) is 0 Å². The molecule has 0 aliphatic rings. The van der Waals surface area contributed by atoms with Crippen LogP contribution < -0.4 is 4.90 Å². The van der Waals surface area contributed by atoms with E-state index in [9.17, 15) is 0 Å². The van der Waals surface area contributed by atoms with Crippen LogP contribution in [0.1, 0.15) is 0 Å². The summed E-state index contributed by atoms with van der Waals surface area (Å²) in [5.41, 5.74) is 3.54. The number of rotatable bonds is 3. The van der Waals surface area contributed by atoms with Gasteiger partial charge in [0.25, 0.3) is 0 Å². The molecule has 0 aliphatic carbocycles. The minimum absolute atomic E-state index is 0.342. The summed E-state index contributed by atoms with van der Waals surface area (Å²) in [6.45, 7) is 0. The first kappa shape index (κ1) is 17.5. The molecule has 1 heterocycles. The molecule has 0 bridgehead atoms. The Morgan fingerprint density at radius 1 is 0.467 bits per heavy atom. The molecule has 0 N–H and O–H groups in total. The number of hydrogen-bond donors (Lipinski definition) is 0. The summed E-state index contributed by atoms with van der Waals surface area (Å²) in [5, 5.41) is 5.50. The van der Waals surface area contributed by atoms with E-state index in [0.29, 0.717) is 14.5 Å². The van der Waals surface area contributed by atoms with Crippen molar-refractivity contribution in [3.63, 3.8) is 0 Å². The van der Waals surface area contributed by atoms with Gasteiger partial charge in [0.1, 0.15) is 0 Å². The molecule has 1 aromatic heterocycles. The molecular formula is C28H19NSe. The summed E-state index contributed by atoms with van der Waals surface area (Å²) in [6.07, 6.45) is 0. The minimum atomic E-state index is 0.342. The Morgan fingerprint density at radius 3 is 1.83 bits per heavy atom. The predicted octanol–water partition coefficient (Wildman–Crippen LogP) is 7.67. The first-order chi connectivity index (χ1) is 14.9. The predicted molar refractivity (Wildman–Crippen MR) is 131 cm³/mol. The van der Waals surface area contributed by atoms with Gasteiger partial charge >= 0.3 is 182 Å². The molecule has 6 rings (SSSR count). The normalized spacial score (nSPS) is 11.3. The second kappa shape index (κ2) is 7.18. The molecule has 6 aromatic rings. The molecule has 0 unspecified atom stereocenters. The van der Waals surface area contributed by atoms with Crippen molar-refractivity contribution < 1.29 is 0 Å². The molecule has 0 saturated carbocycles. The summed E-state index contributed by atoms with van der Waals surface area (Å²) < 4.78 is 2.99. The molecular weight excluding hydrogens is 429 g/mol. The second-order valence-corrected chi connectivity index (χ2v) is 9.66. The van der Waals surface area contributed by atoms with Gasteiger partial charge in [-0.25, -0.2) is 0 Å². The zero-order chi connectivity index (χ0) is 19.9. The molecule has 30 heavy (non-hydrogen) atoms. The Bertz CT molecular complexity index is 1440. The van der Waals surface area contributed by atoms with Crippen LogP contribution in [0, 0.1) is 0 Å². The average molecular weight is 448 g/mol. The topological polar surface area (TPSA) is 3.24 Å². The van der Waals surface area contributed by atoms with Gasteiger partial charge in [-0.1, -0.05) is 0 Å². The van der Waals surface area contributed by atoms with Crippen molar-refractivity contribution in [3.05, 3.63) is 115 Å². The standard InChI is InChI=1S/C28H19NSe/c1-3-9-21(10-4-1)29(22-11-5-2-6-12-22)23-17-15-20-16-18-25-24-13-7-8-14-27(24)30-28(25)26(20)19-23/h1-19H. The van der Waals surface area contributed by atoms with E-state index >= 15 is 0 Å². The van der Waals surface area contributed by atoms with Crippen molar-refractivity contribution in [2.45, 2.75) is 0 Å². The summed E-state index contributed by atoms with van der Waals surface area (Å²) >= 11 is 0.342. The molecule has 0 aliphatic heterocycles. The maximum atomic E-state index is 2.38. The monoisotopic (exact) mass is 449 g/mol. The maximum absolute atomic E-state index is 2.38. The van der Waals surface area contributed by atoms with Crippen molar-refractivity contribution in [2.75, 3.05) is 4.90 Å². The summed E-state index contributed by atoms with van der Waals surface area (Å²) in [6, 6.07) is 41.5. The Kier molecular flexibility index (Phi) is 4.19. The average Bonchev–Trinajstić information content (AvgIpc) is 3.20. The van der Waals surface area contributed by atoms with Gasteiger partial charge in [0.2, 0.25) is 0 Å². The fourth-order valence-corrected chi connectivity index (χ4v) is 6.81. The van der Waals surface area contributed by atoms with Gasteiger partial charge in [0, 0.05) is 0 Å². The van der Waals surface area contributed by atoms with E-state index in [-0.39, 0.29) is 0 Å². The number of nitrogens with zero attached hydrogens (tertiary/aromatic N) is 1.